The molecule has 1 aromatic carbocycles. The van der Waals surface area contributed by atoms with Gasteiger partial charge in [0.1, 0.15) is 5.82 Å². The molecule has 0 aromatic heterocycles. The molecule has 0 atom stereocenters. The number of carbonyl (C=O) groups excluding carboxylic acids is 2. The summed E-state index contributed by atoms with van der Waals surface area (Å²) in [6, 6.07) is 5.37. The number of nitrogens with zero attached hydrogens (tertiary/aromatic N) is 1. The molecule has 0 heterocycles. The number of amides is 1. The third kappa shape index (κ3) is 2.52. The van der Waals surface area contributed by atoms with Crippen molar-refractivity contribution < 1.29 is 18.7 Å². The lowest BCUT2D eigenvalue weighted by atomic mass is 10.3. The molecular formula is C10H10FNO3. The number of benzene rings is 1. The Bertz CT molecular complexity index is 392. The lowest BCUT2D eigenvalue weighted by Crippen LogP contribution is -2.33. The highest BCUT2D eigenvalue weighted by Gasteiger charge is 2.20. The zero-order chi connectivity index (χ0) is 11.4. The highest BCUT2D eigenvalue weighted by Crippen LogP contribution is 2.13. The summed E-state index contributed by atoms with van der Waals surface area (Å²) in [5, 5.41) is 0. The van der Waals surface area contributed by atoms with Crippen LogP contribution in [0.4, 0.5) is 10.1 Å². The summed E-state index contributed by atoms with van der Waals surface area (Å²) in [6.07, 6.45) is 0. The van der Waals surface area contributed by atoms with Crippen molar-refractivity contribution in [2.45, 2.75) is 0 Å². The van der Waals surface area contributed by atoms with Crippen molar-refractivity contribution in [3.63, 3.8) is 0 Å². The number of hydrogen-bond donors (Lipinski definition) is 0. The van der Waals surface area contributed by atoms with Crippen LogP contribution in [0.15, 0.2) is 24.3 Å². The quantitative estimate of drug-likeness (QED) is 0.513. The Kier molecular flexibility index (Phi) is 3.38. The van der Waals surface area contributed by atoms with Gasteiger partial charge >= 0.3 is 11.9 Å². The Hall–Kier alpha value is -1.91. The van der Waals surface area contributed by atoms with Gasteiger partial charge in [0.05, 0.1) is 7.11 Å². The van der Waals surface area contributed by atoms with E-state index >= 15 is 0 Å². The Morgan fingerprint density at radius 3 is 2.60 bits per heavy atom. The maximum Gasteiger partial charge on any atom is 0.397 e. The van der Waals surface area contributed by atoms with Gasteiger partial charge in [-0.05, 0) is 18.2 Å². The van der Waals surface area contributed by atoms with Crippen LogP contribution in [0.1, 0.15) is 0 Å². The summed E-state index contributed by atoms with van der Waals surface area (Å²) in [7, 11) is 2.48. The van der Waals surface area contributed by atoms with Crippen LogP contribution >= 0.6 is 0 Å². The van der Waals surface area contributed by atoms with Crippen LogP contribution in [0.3, 0.4) is 0 Å². The number of halogens is 1. The number of likely N-dealkylation sites (N-methyl/N-ethyl adjacent to an activating group) is 1. The molecule has 0 saturated carbocycles. The molecule has 0 aliphatic carbocycles. The average Bonchev–Trinajstić information content (AvgIpc) is 2.26. The first-order chi connectivity index (χ1) is 7.06. The lowest BCUT2D eigenvalue weighted by molar-refractivity contribution is -0.151. The minimum atomic E-state index is -0.984. The number of methoxy groups -OCH3 is 1. The van der Waals surface area contributed by atoms with E-state index in [0.717, 1.165) is 18.1 Å². The normalized spacial score (nSPS) is 9.53. The average molecular weight is 211 g/mol. The lowest BCUT2D eigenvalue weighted by Gasteiger charge is -2.15. The van der Waals surface area contributed by atoms with Gasteiger partial charge in [0.2, 0.25) is 0 Å². The summed E-state index contributed by atoms with van der Waals surface area (Å²) >= 11 is 0. The molecule has 4 nitrogen and oxygen atoms in total. The largest absolute Gasteiger partial charge is 0.462 e. The first kappa shape index (κ1) is 11.2. The van der Waals surface area contributed by atoms with Crippen molar-refractivity contribution in [3.05, 3.63) is 30.1 Å². The second-order valence-electron chi connectivity index (χ2n) is 2.84. The molecule has 5 heteroatoms. The van der Waals surface area contributed by atoms with Gasteiger partial charge in [-0.2, -0.15) is 0 Å². The zero-order valence-electron chi connectivity index (χ0n) is 8.36. The molecule has 0 aliphatic rings. The van der Waals surface area contributed by atoms with Crippen LogP contribution < -0.4 is 4.90 Å². The molecule has 0 radical (unpaired) electrons. The standard InChI is InChI=1S/C10H10FNO3/c1-12(9(13)10(14)15-2)8-5-3-4-7(11)6-8/h3-6H,1-2H3. The van der Waals surface area contributed by atoms with E-state index in [1.54, 1.807) is 0 Å². The summed E-state index contributed by atoms with van der Waals surface area (Å²) in [4.78, 5) is 23.2. The highest BCUT2D eigenvalue weighted by molar-refractivity contribution is 6.37. The van der Waals surface area contributed by atoms with Crippen LogP contribution in [-0.4, -0.2) is 26.0 Å². The highest BCUT2D eigenvalue weighted by atomic mass is 19.1. The fourth-order valence-electron chi connectivity index (χ4n) is 1.03. The fourth-order valence-corrected chi connectivity index (χ4v) is 1.03. The van der Waals surface area contributed by atoms with E-state index in [1.165, 1.54) is 25.2 Å². The smallest absolute Gasteiger partial charge is 0.397 e. The van der Waals surface area contributed by atoms with Gasteiger partial charge in [0, 0.05) is 12.7 Å². The molecule has 0 fully saturated rings. The molecule has 15 heavy (non-hydrogen) atoms. The molecule has 0 spiro atoms. The van der Waals surface area contributed by atoms with Gasteiger partial charge in [0.25, 0.3) is 0 Å². The van der Waals surface area contributed by atoms with Crippen molar-refractivity contribution in [2.24, 2.45) is 0 Å². The summed E-state index contributed by atoms with van der Waals surface area (Å²) in [6.45, 7) is 0. The maximum absolute atomic E-state index is 12.8. The summed E-state index contributed by atoms with van der Waals surface area (Å²) in [5.74, 6) is -2.30. The van der Waals surface area contributed by atoms with E-state index < -0.39 is 17.7 Å². The van der Waals surface area contributed by atoms with E-state index in [9.17, 15) is 14.0 Å². The van der Waals surface area contributed by atoms with Crippen LogP contribution in [-0.2, 0) is 14.3 Å². The van der Waals surface area contributed by atoms with Crippen molar-refractivity contribution in [1.82, 2.24) is 0 Å². The van der Waals surface area contributed by atoms with E-state index in [2.05, 4.69) is 4.74 Å². The van der Waals surface area contributed by atoms with Gasteiger partial charge in [-0.15, -0.1) is 0 Å². The van der Waals surface area contributed by atoms with Crippen LogP contribution in [0.25, 0.3) is 0 Å². The molecular weight excluding hydrogens is 201 g/mol. The van der Waals surface area contributed by atoms with Gasteiger partial charge < -0.3 is 9.64 Å². The molecule has 0 N–H and O–H groups in total. The number of esters is 1. The maximum atomic E-state index is 12.8. The van der Waals surface area contributed by atoms with Gasteiger partial charge in [-0.1, -0.05) is 6.07 Å². The Balaban J connectivity index is 2.89. The third-order valence-electron chi connectivity index (χ3n) is 1.86. The van der Waals surface area contributed by atoms with Crippen LogP contribution in [0.2, 0.25) is 0 Å². The molecule has 0 bridgehead atoms. The molecule has 0 saturated heterocycles. The number of anilines is 1. The Labute approximate surface area is 86.3 Å². The zero-order valence-corrected chi connectivity index (χ0v) is 8.36. The molecule has 1 rings (SSSR count). The number of carbonyl (C=O) groups is 2. The molecule has 0 aliphatic heterocycles. The van der Waals surface area contributed by atoms with Gasteiger partial charge in [-0.3, -0.25) is 4.79 Å². The molecule has 1 amide bonds. The van der Waals surface area contributed by atoms with Crippen LogP contribution in [0.5, 0.6) is 0 Å². The minimum Gasteiger partial charge on any atom is -0.462 e. The first-order valence-corrected chi connectivity index (χ1v) is 4.18. The number of hydrogen-bond acceptors (Lipinski definition) is 3. The third-order valence-corrected chi connectivity index (χ3v) is 1.86. The van der Waals surface area contributed by atoms with Gasteiger partial charge in [-0.25, -0.2) is 9.18 Å². The van der Waals surface area contributed by atoms with Crippen molar-refractivity contribution >= 4 is 17.6 Å². The second-order valence-corrected chi connectivity index (χ2v) is 2.84. The van der Waals surface area contributed by atoms with E-state index in [4.69, 9.17) is 0 Å². The number of rotatable bonds is 1. The van der Waals surface area contributed by atoms with Gasteiger partial charge in [0.15, 0.2) is 0 Å². The monoisotopic (exact) mass is 211 g/mol. The Morgan fingerprint density at radius 1 is 1.40 bits per heavy atom. The summed E-state index contributed by atoms with van der Waals surface area (Å²) < 4.78 is 17.1. The SMILES string of the molecule is COC(=O)C(=O)N(C)c1cccc(F)c1. The fraction of sp³-hybridized carbons (Fsp3) is 0.200. The molecule has 0 unspecified atom stereocenters. The topological polar surface area (TPSA) is 46.6 Å². The predicted molar refractivity (Wildman–Crippen MR) is 51.8 cm³/mol. The van der Waals surface area contributed by atoms with Crippen molar-refractivity contribution in [1.29, 1.82) is 0 Å². The van der Waals surface area contributed by atoms with Crippen LogP contribution in [0, 0.1) is 5.82 Å². The molecule has 1 aromatic rings. The second kappa shape index (κ2) is 4.54. The Morgan fingerprint density at radius 2 is 2.07 bits per heavy atom. The van der Waals surface area contributed by atoms with Crippen molar-refractivity contribution in [2.75, 3.05) is 19.1 Å². The van der Waals surface area contributed by atoms with Crippen molar-refractivity contribution in [3.8, 4) is 0 Å². The molecule has 80 valence electrons. The minimum absolute atomic E-state index is 0.297. The van der Waals surface area contributed by atoms with E-state index in [-0.39, 0.29) is 0 Å². The summed E-state index contributed by atoms with van der Waals surface area (Å²) in [5.41, 5.74) is 0.297. The first-order valence-electron chi connectivity index (χ1n) is 4.18. The van der Waals surface area contributed by atoms with E-state index in [0.29, 0.717) is 5.69 Å². The number of ether oxygens (including phenoxy) is 1. The predicted octanol–water partition coefficient (Wildman–Crippen LogP) is 0.961. The van der Waals surface area contributed by atoms with E-state index in [1.807, 2.05) is 0 Å².